The molecule has 1 heterocycles. The van der Waals surface area contributed by atoms with Gasteiger partial charge in [-0.2, -0.15) is 0 Å². The lowest BCUT2D eigenvalue weighted by molar-refractivity contribution is -0.274. The van der Waals surface area contributed by atoms with Gasteiger partial charge in [0.05, 0.1) is 0 Å². The molecular weight excluding hydrogens is 409 g/mol. The largest absolute Gasteiger partial charge is 0.573 e. The molecule has 158 valence electrons. The Labute approximate surface area is 176 Å². The van der Waals surface area contributed by atoms with Crippen LogP contribution in [0.4, 0.5) is 18.9 Å². The molecule has 0 saturated carbocycles. The van der Waals surface area contributed by atoms with Crippen LogP contribution < -0.4 is 10.1 Å². The maximum atomic E-state index is 13.2. The highest BCUT2D eigenvalue weighted by molar-refractivity contribution is 6.03. The standard InChI is InChI=1S/C23H17F3N2O3/c24-23(25,26)31-18-12-10-17(11-13-18)27-21(29)20(15-6-2-1-3-7-15)28-14-16-8-4-5-9-19(16)22(28)30/h1-13,20H,14H2,(H,27,29)/t20-/m0/s1. The number of benzene rings is 3. The number of nitrogens with one attached hydrogen (secondary N) is 1. The third-order valence-electron chi connectivity index (χ3n) is 4.88. The van der Waals surface area contributed by atoms with Crippen molar-refractivity contribution in [1.29, 1.82) is 0 Å². The number of halogens is 3. The Morgan fingerprint density at radius 1 is 0.935 bits per heavy atom. The molecule has 0 fully saturated rings. The molecule has 8 heteroatoms. The van der Waals surface area contributed by atoms with Crippen LogP contribution in [-0.2, 0) is 11.3 Å². The zero-order valence-corrected chi connectivity index (χ0v) is 16.1. The number of nitrogens with zero attached hydrogens (tertiary/aromatic N) is 1. The van der Waals surface area contributed by atoms with Gasteiger partial charge in [-0.15, -0.1) is 13.2 Å². The van der Waals surface area contributed by atoms with Crippen molar-refractivity contribution in [2.45, 2.75) is 18.9 Å². The molecule has 3 aromatic rings. The van der Waals surface area contributed by atoms with Crippen LogP contribution in [0.25, 0.3) is 0 Å². The third kappa shape index (κ3) is 4.53. The van der Waals surface area contributed by atoms with Gasteiger partial charge in [0.2, 0.25) is 0 Å². The Morgan fingerprint density at radius 2 is 1.58 bits per heavy atom. The van der Waals surface area contributed by atoms with Gasteiger partial charge in [0.25, 0.3) is 11.8 Å². The first-order valence-corrected chi connectivity index (χ1v) is 9.42. The van der Waals surface area contributed by atoms with Gasteiger partial charge in [0.1, 0.15) is 11.8 Å². The van der Waals surface area contributed by atoms with Crippen LogP contribution in [0.2, 0.25) is 0 Å². The van der Waals surface area contributed by atoms with Crippen molar-refractivity contribution < 1.29 is 27.5 Å². The summed E-state index contributed by atoms with van der Waals surface area (Å²) in [5.74, 6) is -1.12. The van der Waals surface area contributed by atoms with Crippen molar-refractivity contribution in [1.82, 2.24) is 4.90 Å². The number of anilines is 1. The van der Waals surface area contributed by atoms with Crippen LogP contribution >= 0.6 is 0 Å². The molecule has 4 rings (SSSR count). The van der Waals surface area contributed by atoms with Crippen molar-refractivity contribution in [3.63, 3.8) is 0 Å². The van der Waals surface area contributed by atoms with Crippen molar-refractivity contribution in [2.24, 2.45) is 0 Å². The van der Waals surface area contributed by atoms with Crippen molar-refractivity contribution >= 4 is 17.5 Å². The minimum Gasteiger partial charge on any atom is -0.406 e. The summed E-state index contributed by atoms with van der Waals surface area (Å²) in [5.41, 5.74) is 2.28. The second-order valence-electron chi connectivity index (χ2n) is 6.96. The predicted molar refractivity (Wildman–Crippen MR) is 107 cm³/mol. The zero-order valence-electron chi connectivity index (χ0n) is 16.1. The van der Waals surface area contributed by atoms with Gasteiger partial charge >= 0.3 is 6.36 Å². The molecule has 0 bridgehead atoms. The number of amides is 2. The second-order valence-corrected chi connectivity index (χ2v) is 6.96. The molecule has 1 atom stereocenters. The fraction of sp³-hybridized carbons (Fsp3) is 0.130. The SMILES string of the molecule is O=C(Nc1ccc(OC(F)(F)F)cc1)[C@H](c1ccccc1)N1Cc2ccccc2C1=O. The highest BCUT2D eigenvalue weighted by atomic mass is 19.4. The normalized spacial score (nSPS) is 14.2. The van der Waals surface area contributed by atoms with E-state index in [1.807, 2.05) is 12.1 Å². The molecule has 1 aliphatic rings. The van der Waals surface area contributed by atoms with E-state index < -0.39 is 24.1 Å². The van der Waals surface area contributed by atoms with Crippen LogP contribution in [0, 0.1) is 0 Å². The van der Waals surface area contributed by atoms with E-state index in [0.717, 1.165) is 17.7 Å². The summed E-state index contributed by atoms with van der Waals surface area (Å²) in [6.45, 7) is 0.278. The fourth-order valence-electron chi connectivity index (χ4n) is 3.54. The number of carbonyl (C=O) groups excluding carboxylic acids is 2. The van der Waals surface area contributed by atoms with E-state index in [1.54, 1.807) is 42.5 Å². The van der Waals surface area contributed by atoms with Crippen LogP contribution in [-0.4, -0.2) is 23.1 Å². The molecule has 0 aromatic heterocycles. The molecule has 0 aliphatic carbocycles. The van der Waals surface area contributed by atoms with Crippen LogP contribution in [0.15, 0.2) is 78.9 Å². The topological polar surface area (TPSA) is 58.6 Å². The highest BCUT2D eigenvalue weighted by Crippen LogP contribution is 2.32. The Kier molecular flexibility index (Phi) is 5.37. The summed E-state index contributed by atoms with van der Waals surface area (Å²) in [7, 11) is 0. The van der Waals surface area contributed by atoms with Gasteiger partial charge in [-0.3, -0.25) is 9.59 Å². The van der Waals surface area contributed by atoms with Gasteiger partial charge in [-0.05, 0) is 41.5 Å². The minimum absolute atomic E-state index is 0.256. The van der Waals surface area contributed by atoms with Crippen LogP contribution in [0.1, 0.15) is 27.5 Å². The van der Waals surface area contributed by atoms with E-state index in [9.17, 15) is 22.8 Å². The number of hydrogen-bond acceptors (Lipinski definition) is 3. The smallest absolute Gasteiger partial charge is 0.406 e. The summed E-state index contributed by atoms with van der Waals surface area (Å²) < 4.78 is 40.9. The number of alkyl halides is 3. The summed E-state index contributed by atoms with van der Waals surface area (Å²) in [5, 5.41) is 2.69. The monoisotopic (exact) mass is 426 g/mol. The maximum Gasteiger partial charge on any atom is 0.573 e. The van der Waals surface area contributed by atoms with Gasteiger partial charge in [0, 0.05) is 17.8 Å². The van der Waals surface area contributed by atoms with Crippen LogP contribution in [0.3, 0.4) is 0 Å². The number of hydrogen-bond donors (Lipinski definition) is 1. The average molecular weight is 426 g/mol. The summed E-state index contributed by atoms with van der Waals surface area (Å²) in [6.07, 6.45) is -4.80. The first-order chi connectivity index (χ1) is 14.8. The maximum absolute atomic E-state index is 13.2. The van der Waals surface area contributed by atoms with E-state index in [2.05, 4.69) is 10.1 Å². The predicted octanol–water partition coefficient (Wildman–Crippen LogP) is 4.92. The number of rotatable bonds is 5. The fourth-order valence-corrected chi connectivity index (χ4v) is 3.54. The van der Waals surface area contributed by atoms with E-state index in [1.165, 1.54) is 17.0 Å². The molecule has 2 amide bonds. The molecule has 0 saturated heterocycles. The van der Waals surface area contributed by atoms with Gasteiger partial charge in [0.15, 0.2) is 0 Å². The third-order valence-corrected chi connectivity index (χ3v) is 4.88. The Balaban J connectivity index is 1.58. The minimum atomic E-state index is -4.80. The molecule has 0 unspecified atom stereocenters. The highest BCUT2D eigenvalue weighted by Gasteiger charge is 2.37. The first kappa shape index (κ1) is 20.5. The second kappa shape index (κ2) is 8.14. The quantitative estimate of drug-likeness (QED) is 0.630. The van der Waals surface area contributed by atoms with E-state index in [4.69, 9.17) is 0 Å². The molecule has 1 aliphatic heterocycles. The van der Waals surface area contributed by atoms with E-state index >= 15 is 0 Å². The molecule has 3 aromatic carbocycles. The van der Waals surface area contributed by atoms with Gasteiger partial charge in [-0.25, -0.2) is 0 Å². The van der Waals surface area contributed by atoms with Gasteiger partial charge in [-0.1, -0.05) is 48.5 Å². The molecule has 0 radical (unpaired) electrons. The molecule has 0 spiro atoms. The Morgan fingerprint density at radius 3 is 2.23 bits per heavy atom. The molecule has 31 heavy (non-hydrogen) atoms. The summed E-state index contributed by atoms with van der Waals surface area (Å²) >= 11 is 0. The Bertz CT molecular complexity index is 1100. The van der Waals surface area contributed by atoms with Crippen molar-refractivity contribution in [2.75, 3.05) is 5.32 Å². The molecule has 1 N–H and O–H groups in total. The molecule has 5 nitrogen and oxygen atoms in total. The first-order valence-electron chi connectivity index (χ1n) is 9.42. The lowest BCUT2D eigenvalue weighted by Crippen LogP contribution is -2.37. The lowest BCUT2D eigenvalue weighted by Gasteiger charge is -2.27. The average Bonchev–Trinajstić information content (AvgIpc) is 3.06. The number of ether oxygens (including phenoxy) is 1. The number of carbonyl (C=O) groups is 2. The van der Waals surface area contributed by atoms with E-state index in [-0.39, 0.29) is 18.1 Å². The molecular formula is C23H17F3N2O3. The zero-order chi connectivity index (χ0) is 22.0. The lowest BCUT2D eigenvalue weighted by atomic mass is 10.0. The summed E-state index contributed by atoms with van der Waals surface area (Å²) in [4.78, 5) is 27.6. The van der Waals surface area contributed by atoms with Crippen LogP contribution in [0.5, 0.6) is 5.75 Å². The van der Waals surface area contributed by atoms with Gasteiger partial charge < -0.3 is 15.0 Å². The number of fused-ring (bicyclic) bond motifs is 1. The Hall–Kier alpha value is -3.81. The van der Waals surface area contributed by atoms with Crippen molar-refractivity contribution in [3.05, 3.63) is 95.6 Å². The van der Waals surface area contributed by atoms with Crippen molar-refractivity contribution in [3.8, 4) is 5.75 Å². The van der Waals surface area contributed by atoms with E-state index in [0.29, 0.717) is 11.1 Å². The summed E-state index contributed by atoms with van der Waals surface area (Å²) in [6, 6.07) is 19.9.